The number of ether oxygens (including phenoxy) is 1. The Labute approximate surface area is 112 Å². The Kier molecular flexibility index (Phi) is 3.06. The first-order valence-corrected chi connectivity index (χ1v) is 6.17. The molecule has 0 fully saturated rings. The van der Waals surface area contributed by atoms with Gasteiger partial charge in [-0.3, -0.25) is 0 Å². The van der Waals surface area contributed by atoms with Crippen LogP contribution in [0.1, 0.15) is 20.8 Å². The summed E-state index contributed by atoms with van der Waals surface area (Å²) < 4.78 is 7.04. The minimum Gasteiger partial charge on any atom is -0.508 e. The maximum atomic E-state index is 11.9. The van der Waals surface area contributed by atoms with Crippen molar-refractivity contribution in [3.8, 4) is 5.75 Å². The number of carbonyl (C=O) groups excluding carboxylic acids is 1. The highest BCUT2D eigenvalue weighted by Gasteiger charge is 2.20. The average Bonchev–Trinajstić information content (AvgIpc) is 2.58. The zero-order valence-corrected chi connectivity index (χ0v) is 11.9. The number of phenols is 1. The first kappa shape index (κ1) is 12.9. The summed E-state index contributed by atoms with van der Waals surface area (Å²) in [4.78, 5) is 11.9. The van der Waals surface area contributed by atoms with Crippen LogP contribution in [-0.2, 0) is 4.74 Å². The van der Waals surface area contributed by atoms with E-state index in [-0.39, 0.29) is 5.75 Å². The van der Waals surface area contributed by atoms with Crippen LogP contribution in [0.5, 0.6) is 5.75 Å². The van der Waals surface area contributed by atoms with Crippen molar-refractivity contribution >= 4 is 32.9 Å². The van der Waals surface area contributed by atoms with Crippen LogP contribution in [0.2, 0.25) is 0 Å². The number of hydrogen-bond donors (Lipinski definition) is 1. The van der Waals surface area contributed by atoms with E-state index in [2.05, 4.69) is 21.0 Å². The smallest absolute Gasteiger partial charge is 0.435 e. The van der Waals surface area contributed by atoms with E-state index in [0.717, 1.165) is 10.1 Å². The van der Waals surface area contributed by atoms with E-state index in [0.29, 0.717) is 9.99 Å². The fourth-order valence-electron chi connectivity index (χ4n) is 1.52. The summed E-state index contributed by atoms with van der Waals surface area (Å²) in [6.45, 7) is 5.35. The molecule has 0 aliphatic rings. The number of aromatic nitrogens is 2. The van der Waals surface area contributed by atoms with Gasteiger partial charge in [-0.2, -0.15) is 9.78 Å². The number of halogens is 1. The Balaban J connectivity index is 2.49. The van der Waals surface area contributed by atoms with Crippen LogP contribution in [0.4, 0.5) is 4.79 Å². The van der Waals surface area contributed by atoms with Crippen molar-refractivity contribution in [2.24, 2.45) is 0 Å². The van der Waals surface area contributed by atoms with Crippen LogP contribution in [-0.4, -0.2) is 26.6 Å². The maximum absolute atomic E-state index is 11.9. The first-order chi connectivity index (χ1) is 8.28. The highest BCUT2D eigenvalue weighted by Crippen LogP contribution is 2.29. The quantitative estimate of drug-likeness (QED) is 0.810. The molecule has 96 valence electrons. The van der Waals surface area contributed by atoms with Crippen molar-refractivity contribution in [3.05, 3.63) is 22.8 Å². The zero-order chi connectivity index (χ0) is 13.5. The molecule has 0 saturated heterocycles. The molecule has 0 bridgehead atoms. The van der Waals surface area contributed by atoms with Crippen molar-refractivity contribution in [2.45, 2.75) is 26.4 Å². The van der Waals surface area contributed by atoms with Gasteiger partial charge in [-0.1, -0.05) is 0 Å². The predicted octanol–water partition coefficient (Wildman–Crippen LogP) is 3.29. The third-order valence-electron chi connectivity index (χ3n) is 2.19. The van der Waals surface area contributed by atoms with Gasteiger partial charge in [-0.15, -0.1) is 0 Å². The summed E-state index contributed by atoms with van der Waals surface area (Å²) in [5.41, 5.74) is -0.0974. The summed E-state index contributed by atoms with van der Waals surface area (Å²) >= 11 is 3.31. The molecule has 1 aromatic heterocycles. The number of nitrogens with zero attached hydrogens (tertiary/aromatic N) is 2. The molecule has 0 spiro atoms. The Morgan fingerprint density at radius 1 is 1.44 bits per heavy atom. The van der Waals surface area contributed by atoms with Crippen LogP contribution in [0.15, 0.2) is 22.8 Å². The molecule has 6 heteroatoms. The molecule has 1 heterocycles. The minimum atomic E-state index is -0.594. The number of rotatable bonds is 0. The predicted molar refractivity (Wildman–Crippen MR) is 70.7 cm³/mol. The van der Waals surface area contributed by atoms with Gasteiger partial charge in [0.05, 0.1) is 11.7 Å². The molecule has 2 rings (SSSR count). The molecular formula is C12H13BrN2O3. The van der Waals surface area contributed by atoms with E-state index in [9.17, 15) is 9.90 Å². The van der Waals surface area contributed by atoms with Crippen LogP contribution in [0.3, 0.4) is 0 Å². The molecule has 0 atom stereocenters. The third kappa shape index (κ3) is 2.48. The normalized spacial score (nSPS) is 11.8. The Bertz CT molecular complexity index is 614. The Hall–Kier alpha value is -1.56. The zero-order valence-electron chi connectivity index (χ0n) is 10.3. The van der Waals surface area contributed by atoms with Crippen molar-refractivity contribution in [1.29, 1.82) is 0 Å². The summed E-state index contributed by atoms with van der Waals surface area (Å²) in [5.74, 6) is 0.0553. The lowest BCUT2D eigenvalue weighted by molar-refractivity contribution is 0.0523. The minimum absolute atomic E-state index is 0.0553. The highest BCUT2D eigenvalue weighted by atomic mass is 79.9. The monoisotopic (exact) mass is 312 g/mol. The fraction of sp³-hybridized carbons (Fsp3) is 0.333. The standard InChI is InChI=1S/C12H13BrN2O3/c1-12(2,3)18-11(17)15-10-5-7(16)4-9(13)8(10)6-14-15/h4-6,16H,1-3H3. The van der Waals surface area contributed by atoms with Gasteiger partial charge in [0.15, 0.2) is 0 Å². The van der Waals surface area contributed by atoms with E-state index >= 15 is 0 Å². The molecule has 18 heavy (non-hydrogen) atoms. The average molecular weight is 313 g/mol. The molecule has 1 aromatic carbocycles. The molecule has 0 saturated carbocycles. The molecule has 0 aliphatic heterocycles. The van der Waals surface area contributed by atoms with Gasteiger partial charge in [0.1, 0.15) is 11.4 Å². The SMILES string of the molecule is CC(C)(C)OC(=O)n1ncc2c(Br)cc(O)cc21. The lowest BCUT2D eigenvalue weighted by Gasteiger charge is -2.19. The van der Waals surface area contributed by atoms with E-state index in [1.165, 1.54) is 6.07 Å². The highest BCUT2D eigenvalue weighted by molar-refractivity contribution is 9.10. The number of phenolic OH excluding ortho intramolecular Hbond substituents is 1. The van der Waals surface area contributed by atoms with E-state index in [4.69, 9.17) is 4.74 Å². The maximum Gasteiger partial charge on any atom is 0.435 e. The lowest BCUT2D eigenvalue weighted by atomic mass is 10.2. The number of benzene rings is 1. The third-order valence-corrected chi connectivity index (χ3v) is 2.85. The molecule has 0 amide bonds. The van der Waals surface area contributed by atoms with Crippen molar-refractivity contribution in [3.63, 3.8) is 0 Å². The molecule has 1 N–H and O–H groups in total. The largest absolute Gasteiger partial charge is 0.508 e. The van der Waals surface area contributed by atoms with Crippen LogP contribution in [0, 0.1) is 0 Å². The molecule has 5 nitrogen and oxygen atoms in total. The summed E-state index contributed by atoms with van der Waals surface area (Å²) in [5, 5.41) is 14.3. The molecule has 0 radical (unpaired) electrons. The van der Waals surface area contributed by atoms with Gasteiger partial charge in [0.25, 0.3) is 0 Å². The van der Waals surface area contributed by atoms with Gasteiger partial charge in [0.2, 0.25) is 0 Å². The number of hydrogen-bond acceptors (Lipinski definition) is 4. The summed E-state index contributed by atoms with van der Waals surface area (Å²) in [6, 6.07) is 3.01. The Morgan fingerprint density at radius 2 is 2.11 bits per heavy atom. The van der Waals surface area contributed by atoms with E-state index < -0.39 is 11.7 Å². The topological polar surface area (TPSA) is 64.4 Å². The molecular weight excluding hydrogens is 300 g/mol. The second-order valence-corrected chi connectivity index (χ2v) is 5.75. The Morgan fingerprint density at radius 3 is 2.72 bits per heavy atom. The molecule has 0 aliphatic carbocycles. The van der Waals surface area contributed by atoms with Gasteiger partial charge < -0.3 is 9.84 Å². The van der Waals surface area contributed by atoms with Crippen LogP contribution in [0.25, 0.3) is 10.9 Å². The second kappa shape index (κ2) is 4.28. The lowest BCUT2D eigenvalue weighted by Crippen LogP contribution is -2.27. The van der Waals surface area contributed by atoms with E-state index in [1.54, 1.807) is 33.0 Å². The van der Waals surface area contributed by atoms with Crippen LogP contribution < -0.4 is 0 Å². The fourth-order valence-corrected chi connectivity index (χ4v) is 2.06. The molecule has 2 aromatic rings. The van der Waals surface area contributed by atoms with Gasteiger partial charge >= 0.3 is 6.09 Å². The number of carbonyl (C=O) groups is 1. The summed E-state index contributed by atoms with van der Waals surface area (Å²) in [7, 11) is 0. The number of aromatic hydroxyl groups is 1. The number of fused-ring (bicyclic) bond motifs is 1. The first-order valence-electron chi connectivity index (χ1n) is 5.37. The van der Waals surface area contributed by atoms with Crippen molar-refractivity contribution < 1.29 is 14.6 Å². The second-order valence-electron chi connectivity index (χ2n) is 4.90. The van der Waals surface area contributed by atoms with Gasteiger partial charge in [-0.25, -0.2) is 4.79 Å². The van der Waals surface area contributed by atoms with Crippen molar-refractivity contribution in [2.75, 3.05) is 0 Å². The van der Waals surface area contributed by atoms with Gasteiger partial charge in [-0.05, 0) is 42.8 Å². The van der Waals surface area contributed by atoms with Crippen molar-refractivity contribution in [1.82, 2.24) is 9.78 Å². The van der Waals surface area contributed by atoms with Crippen LogP contribution >= 0.6 is 15.9 Å². The summed E-state index contributed by atoms with van der Waals surface area (Å²) in [6.07, 6.45) is 0.970. The van der Waals surface area contributed by atoms with E-state index in [1.807, 2.05) is 0 Å². The van der Waals surface area contributed by atoms with Gasteiger partial charge in [0, 0.05) is 15.9 Å². The molecule has 0 unspecified atom stereocenters.